The van der Waals surface area contributed by atoms with E-state index in [1.807, 2.05) is 6.92 Å². The Balaban J connectivity index is 2.20. The van der Waals surface area contributed by atoms with Gasteiger partial charge in [0, 0.05) is 22.2 Å². The van der Waals surface area contributed by atoms with Gasteiger partial charge in [-0.1, -0.05) is 6.92 Å². The third-order valence-electron chi connectivity index (χ3n) is 2.80. The number of carbonyl (C=O) groups excluding carboxylic acids is 1. The van der Waals surface area contributed by atoms with Crippen LogP contribution in [0.25, 0.3) is 10.6 Å². The number of rotatable bonds is 4. The maximum absolute atomic E-state index is 11.8. The number of thiazole rings is 1. The predicted octanol–water partition coefficient (Wildman–Crippen LogP) is 3.02. The summed E-state index contributed by atoms with van der Waals surface area (Å²) < 4.78 is 0. The Morgan fingerprint density at radius 3 is 2.74 bits per heavy atom. The van der Waals surface area contributed by atoms with Gasteiger partial charge in [-0.05, 0) is 26.0 Å². The molecule has 6 heteroatoms. The van der Waals surface area contributed by atoms with Gasteiger partial charge < -0.3 is 11.1 Å². The van der Waals surface area contributed by atoms with E-state index < -0.39 is 0 Å². The maximum Gasteiger partial charge on any atom is 0.230 e. The molecule has 0 spiro atoms. The Kier molecular flexibility index (Phi) is 4.34. The van der Waals surface area contributed by atoms with Crippen LogP contribution in [-0.2, 0) is 4.79 Å². The van der Waals surface area contributed by atoms with Gasteiger partial charge >= 0.3 is 0 Å². The number of thiophene rings is 1. The highest BCUT2D eigenvalue weighted by Gasteiger charge is 2.16. The van der Waals surface area contributed by atoms with Crippen molar-refractivity contribution in [1.82, 2.24) is 4.98 Å². The van der Waals surface area contributed by atoms with Gasteiger partial charge in [0.15, 0.2) is 5.13 Å². The number of nitrogens with two attached hydrogens (primary N) is 1. The highest BCUT2D eigenvalue weighted by atomic mass is 32.1. The van der Waals surface area contributed by atoms with Crippen LogP contribution in [0.4, 0.5) is 5.13 Å². The zero-order valence-corrected chi connectivity index (χ0v) is 12.8. The summed E-state index contributed by atoms with van der Waals surface area (Å²) in [6, 6.07) is 4.14. The fourth-order valence-corrected chi connectivity index (χ4v) is 3.39. The summed E-state index contributed by atoms with van der Waals surface area (Å²) in [4.78, 5) is 19.8. The minimum absolute atomic E-state index is 0.0786. The minimum atomic E-state index is -0.198. The number of nitrogens with zero attached hydrogens (tertiary/aromatic N) is 1. The van der Waals surface area contributed by atoms with Crippen LogP contribution in [0.1, 0.15) is 16.7 Å². The summed E-state index contributed by atoms with van der Waals surface area (Å²) in [5, 5.41) is 3.47. The highest BCUT2D eigenvalue weighted by Crippen LogP contribution is 2.34. The van der Waals surface area contributed by atoms with E-state index in [0.717, 1.165) is 15.4 Å². The molecular weight excluding hydrogens is 278 g/mol. The molecule has 0 bridgehead atoms. The van der Waals surface area contributed by atoms with Crippen LogP contribution in [-0.4, -0.2) is 17.4 Å². The first kappa shape index (κ1) is 14.2. The van der Waals surface area contributed by atoms with Crippen LogP contribution in [0.5, 0.6) is 0 Å². The molecule has 19 heavy (non-hydrogen) atoms. The summed E-state index contributed by atoms with van der Waals surface area (Å²) in [5.41, 5.74) is 6.44. The zero-order chi connectivity index (χ0) is 14.0. The van der Waals surface area contributed by atoms with E-state index in [-0.39, 0.29) is 11.8 Å². The lowest BCUT2D eigenvalue weighted by molar-refractivity contribution is -0.119. The normalized spacial score (nSPS) is 12.4. The van der Waals surface area contributed by atoms with Gasteiger partial charge in [0.25, 0.3) is 0 Å². The Labute approximate surface area is 120 Å². The predicted molar refractivity (Wildman–Crippen MR) is 81.7 cm³/mol. The molecule has 0 fully saturated rings. The molecule has 0 saturated heterocycles. The van der Waals surface area contributed by atoms with Crippen molar-refractivity contribution in [3.63, 3.8) is 0 Å². The average molecular weight is 295 g/mol. The second-order valence-corrected chi connectivity index (χ2v) is 6.95. The van der Waals surface area contributed by atoms with Gasteiger partial charge in [0.05, 0.1) is 10.6 Å². The van der Waals surface area contributed by atoms with E-state index in [1.165, 1.54) is 16.2 Å². The summed E-state index contributed by atoms with van der Waals surface area (Å²) in [6.07, 6.45) is 0. The quantitative estimate of drug-likeness (QED) is 0.911. The molecule has 2 rings (SSSR count). The van der Waals surface area contributed by atoms with Crippen molar-refractivity contribution >= 4 is 33.7 Å². The summed E-state index contributed by atoms with van der Waals surface area (Å²) in [5.74, 6) is -0.276. The van der Waals surface area contributed by atoms with Crippen molar-refractivity contribution in [3.05, 3.63) is 21.9 Å². The number of aryl methyl sites for hydroxylation is 2. The van der Waals surface area contributed by atoms with Gasteiger partial charge in [0.2, 0.25) is 5.91 Å². The molecule has 1 unspecified atom stereocenters. The molecule has 1 amide bonds. The molecule has 2 aromatic heterocycles. The van der Waals surface area contributed by atoms with Gasteiger partial charge in [-0.2, -0.15) is 0 Å². The molecule has 2 heterocycles. The lowest BCUT2D eigenvalue weighted by atomic mass is 10.2. The van der Waals surface area contributed by atoms with E-state index in [4.69, 9.17) is 5.73 Å². The molecule has 102 valence electrons. The Morgan fingerprint density at radius 1 is 1.42 bits per heavy atom. The SMILES string of the molecule is Cc1ccc(-c2nc(NC(=O)C(C)CN)sc2C)s1. The Hall–Kier alpha value is -1.24. The second kappa shape index (κ2) is 5.81. The number of anilines is 1. The van der Waals surface area contributed by atoms with E-state index in [1.54, 1.807) is 18.3 Å². The van der Waals surface area contributed by atoms with Crippen LogP contribution in [0.3, 0.4) is 0 Å². The fourth-order valence-electron chi connectivity index (χ4n) is 1.58. The lowest BCUT2D eigenvalue weighted by Gasteiger charge is -2.06. The molecule has 0 aromatic carbocycles. The summed E-state index contributed by atoms with van der Waals surface area (Å²) >= 11 is 3.21. The number of carbonyl (C=O) groups is 1. The van der Waals surface area contributed by atoms with Gasteiger partial charge in [0.1, 0.15) is 0 Å². The van der Waals surface area contributed by atoms with E-state index in [9.17, 15) is 4.79 Å². The number of nitrogens with one attached hydrogen (secondary N) is 1. The molecule has 0 aliphatic carbocycles. The Morgan fingerprint density at radius 2 is 2.16 bits per heavy atom. The van der Waals surface area contributed by atoms with E-state index in [0.29, 0.717) is 11.7 Å². The molecule has 4 nitrogen and oxygen atoms in total. The average Bonchev–Trinajstić information content (AvgIpc) is 2.94. The molecule has 0 aliphatic heterocycles. The lowest BCUT2D eigenvalue weighted by Crippen LogP contribution is -2.26. The largest absolute Gasteiger partial charge is 0.330 e. The zero-order valence-electron chi connectivity index (χ0n) is 11.2. The molecule has 0 radical (unpaired) electrons. The maximum atomic E-state index is 11.8. The third-order valence-corrected chi connectivity index (χ3v) is 4.70. The minimum Gasteiger partial charge on any atom is -0.330 e. The highest BCUT2D eigenvalue weighted by molar-refractivity contribution is 7.18. The number of hydrogen-bond donors (Lipinski definition) is 2. The molecule has 3 N–H and O–H groups in total. The first-order valence-corrected chi connectivity index (χ1v) is 7.69. The first-order valence-electron chi connectivity index (χ1n) is 6.06. The van der Waals surface area contributed by atoms with E-state index in [2.05, 4.69) is 29.4 Å². The number of hydrogen-bond acceptors (Lipinski definition) is 5. The van der Waals surface area contributed by atoms with Crippen molar-refractivity contribution < 1.29 is 4.79 Å². The van der Waals surface area contributed by atoms with Crippen LogP contribution in [0, 0.1) is 19.8 Å². The summed E-state index contributed by atoms with van der Waals surface area (Å²) in [6.45, 7) is 6.23. The van der Waals surface area contributed by atoms with Crippen molar-refractivity contribution in [3.8, 4) is 10.6 Å². The smallest absolute Gasteiger partial charge is 0.230 e. The molecule has 1 atom stereocenters. The molecule has 0 saturated carbocycles. The number of aromatic nitrogens is 1. The van der Waals surface area contributed by atoms with Crippen molar-refractivity contribution in [2.24, 2.45) is 11.7 Å². The van der Waals surface area contributed by atoms with Crippen molar-refractivity contribution in [1.29, 1.82) is 0 Å². The molecule has 2 aromatic rings. The van der Waals surface area contributed by atoms with Crippen LogP contribution in [0.15, 0.2) is 12.1 Å². The monoisotopic (exact) mass is 295 g/mol. The van der Waals surface area contributed by atoms with Crippen LogP contribution in [0.2, 0.25) is 0 Å². The van der Waals surface area contributed by atoms with Crippen molar-refractivity contribution in [2.45, 2.75) is 20.8 Å². The number of amides is 1. The standard InChI is InChI=1S/C13H17N3OS2/c1-7(6-14)12(17)16-13-15-11(9(3)19-13)10-5-4-8(2)18-10/h4-5,7H,6,14H2,1-3H3,(H,15,16,17). The van der Waals surface area contributed by atoms with Crippen LogP contribution < -0.4 is 11.1 Å². The summed E-state index contributed by atoms with van der Waals surface area (Å²) in [7, 11) is 0. The first-order chi connectivity index (χ1) is 9.01. The van der Waals surface area contributed by atoms with Gasteiger partial charge in [-0.3, -0.25) is 4.79 Å². The second-order valence-electron chi connectivity index (χ2n) is 4.46. The van der Waals surface area contributed by atoms with Crippen LogP contribution >= 0.6 is 22.7 Å². The van der Waals surface area contributed by atoms with E-state index >= 15 is 0 Å². The fraction of sp³-hybridized carbons (Fsp3) is 0.385. The molecule has 0 aliphatic rings. The van der Waals surface area contributed by atoms with Crippen molar-refractivity contribution in [2.75, 3.05) is 11.9 Å². The third kappa shape index (κ3) is 3.20. The Bertz CT molecular complexity index is 588. The topological polar surface area (TPSA) is 68.0 Å². The molecular formula is C13H17N3OS2. The van der Waals surface area contributed by atoms with Gasteiger partial charge in [-0.15, -0.1) is 22.7 Å². The van der Waals surface area contributed by atoms with Gasteiger partial charge in [-0.25, -0.2) is 4.98 Å².